The molecular weight excluding hydrogens is 328 g/mol. The van der Waals surface area contributed by atoms with Crippen LogP contribution in [0.2, 0.25) is 0 Å². The van der Waals surface area contributed by atoms with Crippen LogP contribution in [0, 0.1) is 6.92 Å². The smallest absolute Gasteiger partial charge is 0.340 e. The zero-order valence-electron chi connectivity index (χ0n) is 15.1. The number of carbonyl (C=O) groups is 2. The predicted molar refractivity (Wildman–Crippen MR) is 95.9 cm³/mol. The van der Waals surface area contributed by atoms with Gasteiger partial charge in [0.2, 0.25) is 0 Å². The highest BCUT2D eigenvalue weighted by molar-refractivity contribution is 7.52. The molecule has 0 radical (unpaired) electrons. The molecule has 6 nitrogen and oxygen atoms in total. The van der Waals surface area contributed by atoms with Gasteiger partial charge in [0, 0.05) is 6.42 Å². The van der Waals surface area contributed by atoms with Crippen LogP contribution in [0.5, 0.6) is 5.75 Å². The van der Waals surface area contributed by atoms with Crippen molar-refractivity contribution in [1.82, 2.24) is 0 Å². The van der Waals surface area contributed by atoms with Crippen LogP contribution in [0.3, 0.4) is 0 Å². The first-order valence-corrected chi connectivity index (χ1v) is 8.23. The third-order valence-electron chi connectivity index (χ3n) is 3.73. The number of carbonyl (C=O) groups excluding carboxylic acids is 2. The van der Waals surface area contributed by atoms with Crippen molar-refractivity contribution in [2.75, 3.05) is 33.1 Å². The van der Waals surface area contributed by atoms with Crippen molar-refractivity contribution in [2.24, 2.45) is 0 Å². The summed E-state index contributed by atoms with van der Waals surface area (Å²) in [5.41, 5.74) is 1.42. The largest absolute Gasteiger partial charge is 0.497 e. The SMILES string of the molecule is CCOC(=O)c1cc(OC)cc(C)c1NC(=O)C(CC)[N+](C)(C)[S-]. The average Bonchev–Trinajstić information content (AvgIpc) is 2.48. The summed E-state index contributed by atoms with van der Waals surface area (Å²) in [5.74, 6) is -0.203. The maximum absolute atomic E-state index is 12.7. The number of quaternary nitrogens is 1. The summed E-state index contributed by atoms with van der Waals surface area (Å²) in [4.78, 5) is 24.9. The van der Waals surface area contributed by atoms with Gasteiger partial charge in [0.15, 0.2) is 6.04 Å². The molecule has 0 aliphatic rings. The lowest BCUT2D eigenvalue weighted by molar-refractivity contribution is -0.768. The van der Waals surface area contributed by atoms with Crippen LogP contribution in [0.15, 0.2) is 12.1 Å². The first kappa shape index (κ1) is 20.3. The maximum atomic E-state index is 12.7. The number of likely N-dealkylation sites (N-methyl/N-ethyl adjacent to an activating group) is 1. The van der Waals surface area contributed by atoms with E-state index in [1.54, 1.807) is 40.1 Å². The van der Waals surface area contributed by atoms with E-state index in [0.29, 0.717) is 17.9 Å². The Kier molecular flexibility index (Phi) is 7.10. The minimum absolute atomic E-state index is 0.0896. The molecule has 0 bridgehead atoms. The number of anilines is 1. The molecule has 0 spiro atoms. The van der Waals surface area contributed by atoms with Crippen LogP contribution >= 0.6 is 0 Å². The number of aryl methyl sites for hydroxylation is 1. The molecule has 0 aliphatic carbocycles. The third-order valence-corrected chi connectivity index (χ3v) is 3.98. The van der Waals surface area contributed by atoms with Gasteiger partial charge in [-0.25, -0.2) is 4.79 Å². The van der Waals surface area contributed by atoms with Crippen LogP contribution < -0.4 is 10.1 Å². The van der Waals surface area contributed by atoms with E-state index in [-0.39, 0.29) is 22.0 Å². The standard InChI is InChI=1S/C17H26N2O4S/c1-7-14(19(4,5)24)16(20)18-15-11(3)9-12(22-6)10-13(15)17(21)23-8-2/h9-10,14H,7-8H2,1-6H3,(H,18,20). The second-order valence-corrected chi connectivity index (χ2v) is 6.88. The molecule has 24 heavy (non-hydrogen) atoms. The van der Waals surface area contributed by atoms with Crippen LogP contribution in [0.25, 0.3) is 0 Å². The Bertz CT molecular complexity index is 611. The Morgan fingerprint density at radius 3 is 2.38 bits per heavy atom. The van der Waals surface area contributed by atoms with E-state index in [4.69, 9.17) is 22.3 Å². The van der Waals surface area contributed by atoms with E-state index < -0.39 is 12.0 Å². The first-order valence-electron chi connectivity index (χ1n) is 7.86. The van der Waals surface area contributed by atoms with Crippen molar-refractivity contribution in [2.45, 2.75) is 33.2 Å². The number of benzene rings is 1. The fourth-order valence-corrected chi connectivity index (χ4v) is 2.77. The lowest BCUT2D eigenvalue weighted by Gasteiger charge is -2.42. The van der Waals surface area contributed by atoms with E-state index in [9.17, 15) is 9.59 Å². The fourth-order valence-electron chi connectivity index (χ4n) is 2.52. The van der Waals surface area contributed by atoms with Gasteiger partial charge in [-0.2, -0.15) is 0 Å². The normalized spacial score (nSPS) is 12.5. The van der Waals surface area contributed by atoms with Gasteiger partial charge in [-0.15, -0.1) is 0 Å². The molecule has 1 rings (SSSR count). The van der Waals surface area contributed by atoms with Gasteiger partial charge in [-0.3, -0.25) is 4.79 Å². The highest BCUT2D eigenvalue weighted by atomic mass is 32.1. The lowest BCUT2D eigenvalue weighted by Crippen LogP contribution is -2.50. The van der Waals surface area contributed by atoms with Crippen molar-refractivity contribution >= 4 is 30.4 Å². The summed E-state index contributed by atoms with van der Waals surface area (Å²) in [6.07, 6.45) is 0.590. The van der Waals surface area contributed by atoms with E-state index in [2.05, 4.69) is 5.32 Å². The number of ether oxygens (including phenoxy) is 2. The van der Waals surface area contributed by atoms with Crippen LogP contribution in [-0.4, -0.2) is 49.6 Å². The second-order valence-electron chi connectivity index (χ2n) is 5.93. The molecule has 0 saturated heterocycles. The number of hydrogen-bond donors (Lipinski definition) is 1. The Balaban J connectivity index is 3.27. The minimum Gasteiger partial charge on any atom is -0.497 e. The van der Waals surface area contributed by atoms with Gasteiger partial charge >= 0.3 is 5.97 Å². The average molecular weight is 354 g/mol. The predicted octanol–water partition coefficient (Wildman–Crippen LogP) is 2.44. The molecule has 134 valence electrons. The highest BCUT2D eigenvalue weighted by Crippen LogP contribution is 2.28. The zero-order chi connectivity index (χ0) is 18.5. The van der Waals surface area contributed by atoms with Gasteiger partial charge in [-0.1, -0.05) is 6.92 Å². The monoisotopic (exact) mass is 354 g/mol. The van der Waals surface area contributed by atoms with Crippen molar-refractivity contribution in [3.05, 3.63) is 23.3 Å². The topological polar surface area (TPSA) is 64.6 Å². The molecule has 0 saturated carbocycles. The van der Waals surface area contributed by atoms with Crippen LogP contribution in [-0.2, 0) is 22.3 Å². The molecule has 1 unspecified atom stereocenters. The van der Waals surface area contributed by atoms with E-state index >= 15 is 0 Å². The molecule has 0 aromatic heterocycles. The molecule has 1 aromatic rings. The Morgan fingerprint density at radius 1 is 1.29 bits per heavy atom. The van der Waals surface area contributed by atoms with E-state index in [1.165, 1.54) is 7.11 Å². The van der Waals surface area contributed by atoms with E-state index in [0.717, 1.165) is 5.56 Å². The summed E-state index contributed by atoms with van der Waals surface area (Å²) >= 11 is 5.36. The molecule has 1 aromatic carbocycles. The summed E-state index contributed by atoms with van der Waals surface area (Å²) in [7, 11) is 5.10. The Morgan fingerprint density at radius 2 is 1.92 bits per heavy atom. The number of esters is 1. The van der Waals surface area contributed by atoms with Crippen molar-refractivity contribution < 1.29 is 23.0 Å². The fraction of sp³-hybridized carbons (Fsp3) is 0.529. The Hall–Kier alpha value is -1.73. The zero-order valence-corrected chi connectivity index (χ0v) is 16.0. The van der Waals surface area contributed by atoms with Crippen molar-refractivity contribution in [1.29, 1.82) is 0 Å². The second kappa shape index (κ2) is 8.39. The number of nitrogens with zero attached hydrogens (tertiary/aromatic N) is 1. The molecule has 0 aliphatic heterocycles. The molecule has 0 heterocycles. The molecule has 1 atom stereocenters. The van der Waals surface area contributed by atoms with Gasteiger partial charge in [-0.05, 0) is 31.5 Å². The maximum Gasteiger partial charge on any atom is 0.340 e. The lowest BCUT2D eigenvalue weighted by atomic mass is 10.1. The summed E-state index contributed by atoms with van der Waals surface area (Å²) < 4.78 is 10.4. The number of hydrogen-bond acceptors (Lipinski definition) is 5. The number of nitrogens with one attached hydrogen (secondary N) is 1. The molecule has 1 amide bonds. The minimum atomic E-state index is -0.505. The van der Waals surface area contributed by atoms with Gasteiger partial charge in [0.1, 0.15) is 5.75 Å². The Labute approximate surface area is 149 Å². The number of amides is 1. The van der Waals surface area contributed by atoms with E-state index in [1.807, 2.05) is 6.92 Å². The van der Waals surface area contributed by atoms with Crippen LogP contribution in [0.1, 0.15) is 36.2 Å². The van der Waals surface area contributed by atoms with Crippen LogP contribution in [0.4, 0.5) is 5.69 Å². The number of rotatable bonds is 7. The van der Waals surface area contributed by atoms with Crippen molar-refractivity contribution in [3.63, 3.8) is 0 Å². The van der Waals surface area contributed by atoms with Gasteiger partial charge in [0.05, 0.1) is 39.1 Å². The molecular formula is C17H26N2O4S. The van der Waals surface area contributed by atoms with Gasteiger partial charge in [0.25, 0.3) is 5.91 Å². The first-order chi connectivity index (χ1) is 11.1. The summed E-state index contributed by atoms with van der Waals surface area (Å²) in [5, 5.41) is 2.85. The molecule has 0 fully saturated rings. The quantitative estimate of drug-likeness (QED) is 0.463. The molecule has 1 N–H and O–H groups in total. The molecule has 7 heteroatoms. The van der Waals surface area contributed by atoms with Gasteiger partial charge < -0.3 is 31.5 Å². The van der Waals surface area contributed by atoms with Crippen molar-refractivity contribution in [3.8, 4) is 5.75 Å². The third kappa shape index (κ3) is 4.88. The number of methoxy groups -OCH3 is 1. The summed E-state index contributed by atoms with van der Waals surface area (Å²) in [6, 6.07) is 2.92. The summed E-state index contributed by atoms with van der Waals surface area (Å²) in [6.45, 7) is 5.68. The highest BCUT2D eigenvalue weighted by Gasteiger charge is 2.27.